The van der Waals surface area contributed by atoms with Crippen molar-refractivity contribution >= 4 is 68.1 Å². The van der Waals surface area contributed by atoms with E-state index in [1.165, 1.54) is 21.2 Å². The number of amides is 3. The molecule has 2 aliphatic heterocycles. The predicted octanol–water partition coefficient (Wildman–Crippen LogP) is 5.72. The highest BCUT2D eigenvalue weighted by molar-refractivity contribution is 9.10. The van der Waals surface area contributed by atoms with Gasteiger partial charge in [-0.25, -0.2) is 4.90 Å². The molecule has 2 aliphatic rings. The number of carbonyl (C=O) groups excluding carboxylic acids is 3. The van der Waals surface area contributed by atoms with Gasteiger partial charge in [0.2, 0.25) is 17.7 Å². The van der Waals surface area contributed by atoms with Crippen LogP contribution in [-0.2, 0) is 20.9 Å². The van der Waals surface area contributed by atoms with Gasteiger partial charge in [0.1, 0.15) is 11.8 Å². The maximum absolute atomic E-state index is 13.9. The van der Waals surface area contributed by atoms with Gasteiger partial charge in [0.05, 0.1) is 16.6 Å². The van der Waals surface area contributed by atoms with Crippen LogP contribution in [0, 0.1) is 19.8 Å². The van der Waals surface area contributed by atoms with Crippen molar-refractivity contribution in [2.45, 2.75) is 36.6 Å². The normalized spacial score (nSPS) is 19.9. The number of anilines is 2. The van der Waals surface area contributed by atoms with Crippen LogP contribution in [0.4, 0.5) is 11.4 Å². The predicted molar refractivity (Wildman–Crippen MR) is 161 cm³/mol. The minimum absolute atomic E-state index is 0.196. The fourth-order valence-corrected chi connectivity index (χ4v) is 8.43. The molecule has 3 heterocycles. The third-order valence-electron chi connectivity index (χ3n) is 7.19. The molecule has 10 heteroatoms. The summed E-state index contributed by atoms with van der Waals surface area (Å²) in [7, 11) is 0. The van der Waals surface area contributed by atoms with E-state index in [2.05, 4.69) is 21.2 Å². The number of carbonyl (C=O) groups is 3. The summed E-state index contributed by atoms with van der Waals surface area (Å²) >= 11 is 5.78. The number of benzene rings is 3. The molecule has 0 unspecified atom stereocenters. The summed E-state index contributed by atoms with van der Waals surface area (Å²) in [6.07, 6.45) is 0. The van der Waals surface area contributed by atoms with Crippen LogP contribution in [0.1, 0.15) is 27.5 Å². The highest BCUT2D eigenvalue weighted by Crippen LogP contribution is 2.54. The molecule has 0 radical (unpaired) electrons. The van der Waals surface area contributed by atoms with Gasteiger partial charge in [-0.05, 0) is 55.8 Å². The van der Waals surface area contributed by atoms with Crippen LogP contribution in [0.3, 0.4) is 0 Å². The first-order chi connectivity index (χ1) is 19.2. The van der Waals surface area contributed by atoms with Gasteiger partial charge in [0.15, 0.2) is 0 Å². The van der Waals surface area contributed by atoms with Gasteiger partial charge in [-0.3, -0.25) is 23.7 Å². The molecule has 1 fully saturated rings. The van der Waals surface area contributed by atoms with E-state index in [9.17, 15) is 19.2 Å². The lowest BCUT2D eigenvalue weighted by molar-refractivity contribution is -0.122. The number of thiazole rings is 1. The summed E-state index contributed by atoms with van der Waals surface area (Å²) in [5, 5.41) is 2.68. The summed E-state index contributed by atoms with van der Waals surface area (Å²) in [5.74, 6) is -2.14. The summed E-state index contributed by atoms with van der Waals surface area (Å²) in [6.45, 7) is 3.71. The molecule has 40 heavy (non-hydrogen) atoms. The zero-order valence-electron chi connectivity index (χ0n) is 21.6. The second-order valence-electron chi connectivity index (χ2n) is 9.98. The SMILES string of the molecule is Cc1ccc(NC(=O)Cn2c3c(sc2=O)[C@@H](c2cccc(Br)c2)[C@@H]2C(=O)N(c4ccc(C)cc4)C(=O)[C@@H]2S3)cc1. The Morgan fingerprint density at radius 2 is 1.60 bits per heavy atom. The van der Waals surface area contributed by atoms with Crippen LogP contribution in [0.5, 0.6) is 0 Å². The zero-order chi connectivity index (χ0) is 28.1. The number of fused-ring (bicyclic) bond motifs is 2. The van der Waals surface area contributed by atoms with Gasteiger partial charge in [-0.2, -0.15) is 0 Å². The van der Waals surface area contributed by atoms with Crippen molar-refractivity contribution in [3.8, 4) is 0 Å². The van der Waals surface area contributed by atoms with E-state index in [1.807, 2.05) is 74.5 Å². The van der Waals surface area contributed by atoms with Crippen LogP contribution in [0.25, 0.3) is 0 Å². The standard InChI is InChI=1S/C30H24BrN3O4S2/c1-16-6-10-20(11-7-16)32-22(35)15-33-29-26(40-30(33)38)23(18-4-3-5-19(31)14-18)24-25(39-29)28(37)34(27(24)36)21-12-8-17(2)9-13-21/h3-14,23-25H,15H2,1-2H3,(H,32,35)/t23-,24-,25+/m0/s1. The molecule has 6 rings (SSSR count). The number of hydrogen-bond donors (Lipinski definition) is 1. The summed E-state index contributed by atoms with van der Waals surface area (Å²) in [4.78, 5) is 55.7. The zero-order valence-corrected chi connectivity index (χ0v) is 24.8. The molecule has 0 saturated carbocycles. The van der Waals surface area contributed by atoms with E-state index >= 15 is 0 Å². The number of imide groups is 1. The van der Waals surface area contributed by atoms with Gasteiger partial charge in [-0.1, -0.05) is 86.6 Å². The van der Waals surface area contributed by atoms with Crippen LogP contribution in [0.15, 0.2) is 87.1 Å². The maximum atomic E-state index is 13.9. The number of aromatic nitrogens is 1. The molecule has 1 aromatic heterocycles. The average Bonchev–Trinajstić information content (AvgIpc) is 3.36. The van der Waals surface area contributed by atoms with E-state index in [1.54, 1.807) is 12.1 Å². The maximum Gasteiger partial charge on any atom is 0.308 e. The molecule has 1 N–H and O–H groups in total. The van der Waals surface area contributed by atoms with Gasteiger partial charge < -0.3 is 5.32 Å². The molecule has 202 valence electrons. The van der Waals surface area contributed by atoms with Crippen molar-refractivity contribution < 1.29 is 14.4 Å². The third kappa shape index (κ3) is 4.74. The van der Waals surface area contributed by atoms with Crippen molar-refractivity contribution in [3.63, 3.8) is 0 Å². The smallest absolute Gasteiger partial charge is 0.308 e. The lowest BCUT2D eigenvalue weighted by Gasteiger charge is -2.30. The molecule has 0 bridgehead atoms. The Balaban J connectivity index is 1.41. The van der Waals surface area contributed by atoms with Gasteiger partial charge >= 0.3 is 4.87 Å². The number of nitrogens with one attached hydrogen (secondary N) is 1. The molecule has 4 aromatic rings. The second kappa shape index (κ2) is 10.5. The molecule has 3 atom stereocenters. The number of hydrogen-bond acceptors (Lipinski definition) is 6. The lowest BCUT2D eigenvalue weighted by atomic mass is 9.83. The lowest BCUT2D eigenvalue weighted by Crippen LogP contribution is -2.33. The van der Waals surface area contributed by atoms with Crippen LogP contribution >= 0.6 is 39.0 Å². The first kappa shape index (κ1) is 26.7. The summed E-state index contributed by atoms with van der Waals surface area (Å²) in [6, 6.07) is 22.3. The number of nitrogens with zero attached hydrogens (tertiary/aromatic N) is 2. The number of halogens is 1. The number of aryl methyl sites for hydroxylation is 2. The quantitative estimate of drug-likeness (QED) is 0.284. The first-order valence-electron chi connectivity index (χ1n) is 12.7. The van der Waals surface area contributed by atoms with E-state index in [-0.39, 0.29) is 29.1 Å². The van der Waals surface area contributed by atoms with Crippen LogP contribution in [0.2, 0.25) is 0 Å². The molecular weight excluding hydrogens is 610 g/mol. The fraction of sp³-hybridized carbons (Fsp3) is 0.200. The van der Waals surface area contributed by atoms with Crippen molar-refractivity contribution in [2.24, 2.45) is 5.92 Å². The molecule has 3 aromatic carbocycles. The van der Waals surface area contributed by atoms with E-state index in [4.69, 9.17) is 0 Å². The second-order valence-corrected chi connectivity index (χ2v) is 13.0. The van der Waals surface area contributed by atoms with Crippen molar-refractivity contribution in [1.29, 1.82) is 0 Å². The Morgan fingerprint density at radius 3 is 2.27 bits per heavy atom. The molecule has 0 aliphatic carbocycles. The Bertz CT molecular complexity index is 1710. The topological polar surface area (TPSA) is 88.5 Å². The van der Waals surface area contributed by atoms with Crippen LogP contribution in [-0.4, -0.2) is 27.5 Å². The Hall–Kier alpha value is -3.47. The van der Waals surface area contributed by atoms with Crippen molar-refractivity contribution in [1.82, 2.24) is 4.57 Å². The Labute approximate surface area is 247 Å². The Morgan fingerprint density at radius 1 is 0.925 bits per heavy atom. The van der Waals surface area contributed by atoms with Crippen molar-refractivity contribution in [2.75, 3.05) is 10.2 Å². The van der Waals surface area contributed by atoms with Gasteiger partial charge in [0, 0.05) is 21.0 Å². The molecular formula is C30H24BrN3O4S2. The molecule has 7 nitrogen and oxygen atoms in total. The van der Waals surface area contributed by atoms with E-state index in [0.717, 1.165) is 32.5 Å². The number of thioether (sulfide) groups is 1. The van der Waals surface area contributed by atoms with Gasteiger partial charge in [-0.15, -0.1) is 0 Å². The third-order valence-corrected chi connectivity index (χ3v) is 10.3. The highest BCUT2D eigenvalue weighted by atomic mass is 79.9. The van der Waals surface area contributed by atoms with E-state index in [0.29, 0.717) is 21.3 Å². The minimum atomic E-state index is -0.731. The fourth-order valence-electron chi connectivity index (χ4n) is 5.24. The number of rotatable bonds is 5. The largest absolute Gasteiger partial charge is 0.325 e. The minimum Gasteiger partial charge on any atom is -0.325 e. The van der Waals surface area contributed by atoms with Crippen LogP contribution < -0.4 is 15.1 Å². The Kier molecular flexibility index (Phi) is 7.02. The molecule has 0 spiro atoms. The summed E-state index contributed by atoms with van der Waals surface area (Å²) < 4.78 is 2.26. The monoisotopic (exact) mass is 633 g/mol. The molecule has 3 amide bonds. The van der Waals surface area contributed by atoms with Gasteiger partial charge in [0.25, 0.3) is 0 Å². The molecule has 1 saturated heterocycles. The average molecular weight is 635 g/mol. The first-order valence-corrected chi connectivity index (χ1v) is 15.2. The van der Waals surface area contributed by atoms with E-state index < -0.39 is 17.1 Å². The summed E-state index contributed by atoms with van der Waals surface area (Å²) in [5.41, 5.74) is 4.09. The van der Waals surface area contributed by atoms with Crippen molar-refractivity contribution in [3.05, 3.63) is 109 Å². The highest BCUT2D eigenvalue weighted by Gasteiger charge is 2.56.